The largest absolute Gasteiger partial charge is 0.316 e. The molecule has 0 aromatic heterocycles. The summed E-state index contributed by atoms with van der Waals surface area (Å²) in [7, 11) is 1.01. The molecule has 1 N–H and O–H groups in total. The van der Waals surface area contributed by atoms with Gasteiger partial charge in [0.05, 0.1) is 9.52 Å². The van der Waals surface area contributed by atoms with Crippen LogP contribution in [0, 0.1) is 0 Å². The molecule has 2 radical (unpaired) electrons. The Balaban J connectivity index is 2.26. The van der Waals surface area contributed by atoms with E-state index in [2.05, 4.69) is 17.1 Å². The summed E-state index contributed by atoms with van der Waals surface area (Å²) in [5.41, 5.74) is 2.23. The molecule has 1 rings (SSSR count). The van der Waals surface area contributed by atoms with Crippen molar-refractivity contribution in [3.05, 3.63) is 11.8 Å². The Morgan fingerprint density at radius 3 is 2.83 bits per heavy atom. The molecule has 0 saturated heterocycles. The maximum Gasteiger partial charge on any atom is 0.0869 e. The van der Waals surface area contributed by atoms with Crippen LogP contribution in [0.25, 0.3) is 0 Å². The average Bonchev–Trinajstić information content (AvgIpc) is 1.72. The van der Waals surface area contributed by atoms with Crippen molar-refractivity contribution in [3.8, 4) is 0 Å². The van der Waals surface area contributed by atoms with Crippen molar-refractivity contribution in [2.24, 2.45) is 0 Å². The van der Waals surface area contributed by atoms with Crippen LogP contribution in [0.4, 0.5) is 0 Å². The molecule has 2 heteroatoms. The predicted molar refractivity (Wildman–Crippen MR) is 27.8 cm³/mol. The van der Waals surface area contributed by atoms with Crippen LogP contribution in [0.5, 0.6) is 0 Å². The van der Waals surface area contributed by atoms with Crippen molar-refractivity contribution in [1.29, 1.82) is 0 Å². The van der Waals surface area contributed by atoms with E-state index in [0.29, 0.717) is 0 Å². The molecule has 0 amide bonds. The van der Waals surface area contributed by atoms with Crippen molar-refractivity contribution >= 4 is 9.52 Å². The van der Waals surface area contributed by atoms with Gasteiger partial charge >= 0.3 is 0 Å². The Bertz CT molecular complexity index is 52.6. The molecule has 0 unspecified atom stereocenters. The second-order valence-electron chi connectivity index (χ2n) is 1.24. The number of hydrogen-bond donors (Lipinski definition) is 1. The smallest absolute Gasteiger partial charge is 0.0869 e. The zero-order valence-electron chi connectivity index (χ0n) is 3.57. The van der Waals surface area contributed by atoms with E-state index in [0.717, 1.165) is 16.1 Å². The van der Waals surface area contributed by atoms with Crippen molar-refractivity contribution in [1.82, 2.24) is 5.32 Å². The molecule has 1 aliphatic heterocycles. The van der Waals surface area contributed by atoms with Gasteiger partial charge in [0.25, 0.3) is 0 Å². The van der Waals surface area contributed by atoms with Gasteiger partial charge in [0.1, 0.15) is 0 Å². The zero-order valence-corrected chi connectivity index (χ0v) is 4.57. The van der Waals surface area contributed by atoms with Crippen LogP contribution >= 0.6 is 0 Å². The summed E-state index contributed by atoms with van der Waals surface area (Å²) >= 11 is 0. The molecule has 0 bridgehead atoms. The van der Waals surface area contributed by atoms with Crippen LogP contribution < -0.4 is 5.32 Å². The first-order valence-corrected chi connectivity index (χ1v) is 3.38. The Kier molecular flexibility index (Phi) is 1.47. The van der Waals surface area contributed by atoms with Crippen LogP contribution in [0.1, 0.15) is 0 Å². The predicted octanol–water partition coefficient (Wildman–Crippen LogP) is -0.235. The molecule has 0 aromatic rings. The standard InChI is InChI=1S/C4H7NSi/c1-2-5-4-6-3-1/h1,3,5H,2,4H2. The minimum Gasteiger partial charge on any atom is -0.316 e. The van der Waals surface area contributed by atoms with Crippen molar-refractivity contribution < 1.29 is 0 Å². The molecule has 0 aromatic carbocycles. The minimum atomic E-state index is 1.01. The molecule has 0 spiro atoms. The van der Waals surface area contributed by atoms with Crippen LogP contribution in [0.15, 0.2) is 11.8 Å². The molecular weight excluding hydrogens is 90.1 g/mol. The summed E-state index contributed by atoms with van der Waals surface area (Å²) in [5.74, 6) is 0. The van der Waals surface area contributed by atoms with Crippen molar-refractivity contribution in [2.45, 2.75) is 0 Å². The SMILES string of the molecule is C1=C[Si]CNC1. The number of hydrogen-bond acceptors (Lipinski definition) is 1. The van der Waals surface area contributed by atoms with E-state index in [1.807, 2.05) is 0 Å². The van der Waals surface area contributed by atoms with E-state index in [-0.39, 0.29) is 0 Å². The van der Waals surface area contributed by atoms with E-state index < -0.39 is 0 Å². The van der Waals surface area contributed by atoms with Crippen LogP contribution in [0.2, 0.25) is 0 Å². The lowest BCUT2D eigenvalue weighted by Crippen LogP contribution is -2.23. The van der Waals surface area contributed by atoms with Gasteiger partial charge in [0, 0.05) is 6.54 Å². The van der Waals surface area contributed by atoms with E-state index in [4.69, 9.17) is 0 Å². The second kappa shape index (κ2) is 2.15. The third kappa shape index (κ3) is 0.952. The number of nitrogens with one attached hydrogen (secondary N) is 1. The van der Waals surface area contributed by atoms with Crippen LogP contribution in [-0.4, -0.2) is 22.2 Å². The Morgan fingerprint density at radius 2 is 2.67 bits per heavy atom. The first-order chi connectivity index (χ1) is 3.00. The highest BCUT2D eigenvalue weighted by atomic mass is 28.2. The van der Waals surface area contributed by atoms with Crippen LogP contribution in [-0.2, 0) is 0 Å². The summed E-state index contributed by atoms with van der Waals surface area (Å²) in [4.78, 5) is 0. The molecule has 1 heterocycles. The lowest BCUT2D eigenvalue weighted by molar-refractivity contribution is 0.871. The second-order valence-corrected chi connectivity index (χ2v) is 2.33. The summed E-state index contributed by atoms with van der Waals surface area (Å²) in [6, 6.07) is 0. The fourth-order valence-corrected chi connectivity index (χ4v) is 1.12. The van der Waals surface area contributed by atoms with Gasteiger partial charge in [-0.2, -0.15) is 0 Å². The van der Waals surface area contributed by atoms with Gasteiger partial charge in [-0.3, -0.25) is 0 Å². The van der Waals surface area contributed by atoms with Gasteiger partial charge in [-0.15, -0.1) is 5.70 Å². The van der Waals surface area contributed by atoms with Crippen molar-refractivity contribution in [2.75, 3.05) is 12.7 Å². The molecule has 1 aliphatic rings. The highest BCUT2D eigenvalue weighted by Crippen LogP contribution is 1.73. The third-order valence-electron chi connectivity index (χ3n) is 0.725. The van der Waals surface area contributed by atoms with Gasteiger partial charge < -0.3 is 5.32 Å². The fraction of sp³-hybridized carbons (Fsp3) is 0.500. The molecule has 6 heavy (non-hydrogen) atoms. The lowest BCUT2D eigenvalue weighted by Gasteiger charge is -2.00. The quantitative estimate of drug-likeness (QED) is 0.412. The van der Waals surface area contributed by atoms with Crippen LogP contribution in [0.3, 0.4) is 0 Å². The summed E-state index contributed by atoms with van der Waals surface area (Å²) < 4.78 is 0. The molecular formula is C4H7NSi. The van der Waals surface area contributed by atoms with Crippen molar-refractivity contribution in [3.63, 3.8) is 0 Å². The molecule has 0 atom stereocenters. The van der Waals surface area contributed by atoms with Gasteiger partial charge in [0.15, 0.2) is 0 Å². The normalized spacial score (nSPS) is 21.3. The van der Waals surface area contributed by atoms with E-state index >= 15 is 0 Å². The van der Waals surface area contributed by atoms with E-state index in [1.165, 1.54) is 6.17 Å². The van der Waals surface area contributed by atoms with E-state index in [1.54, 1.807) is 0 Å². The monoisotopic (exact) mass is 97.0 g/mol. The minimum absolute atomic E-state index is 1.01. The summed E-state index contributed by atoms with van der Waals surface area (Å²) in [5, 5.41) is 3.21. The highest BCUT2D eigenvalue weighted by Gasteiger charge is 1.86. The Morgan fingerprint density at radius 1 is 1.67 bits per heavy atom. The maximum atomic E-state index is 3.21. The molecule has 32 valence electrons. The first-order valence-electron chi connectivity index (χ1n) is 2.09. The maximum absolute atomic E-state index is 3.21. The highest BCUT2D eigenvalue weighted by molar-refractivity contribution is 6.42. The average molecular weight is 97.2 g/mol. The van der Waals surface area contributed by atoms with Gasteiger partial charge in [-0.05, 0) is 6.17 Å². The zero-order chi connectivity index (χ0) is 4.24. The summed E-state index contributed by atoms with van der Waals surface area (Å²) in [6.07, 6.45) is 3.36. The molecule has 0 aliphatic carbocycles. The Labute approximate surface area is 40.3 Å². The summed E-state index contributed by atoms with van der Waals surface area (Å²) in [6.45, 7) is 1.08. The van der Waals surface area contributed by atoms with Gasteiger partial charge in [-0.25, -0.2) is 0 Å². The van der Waals surface area contributed by atoms with E-state index in [9.17, 15) is 0 Å². The molecule has 1 nitrogen and oxygen atoms in total. The lowest BCUT2D eigenvalue weighted by atomic mass is 10.6. The molecule has 0 saturated carbocycles. The molecule has 0 fully saturated rings. The van der Waals surface area contributed by atoms with Gasteiger partial charge in [-0.1, -0.05) is 6.08 Å². The fourth-order valence-electron chi connectivity index (χ4n) is 0.429. The topological polar surface area (TPSA) is 12.0 Å². The first kappa shape index (κ1) is 4.09. The Hall–Kier alpha value is -0.0831. The third-order valence-corrected chi connectivity index (χ3v) is 1.65. The van der Waals surface area contributed by atoms with Gasteiger partial charge in [0.2, 0.25) is 0 Å². The number of rotatable bonds is 0.